The predicted octanol–water partition coefficient (Wildman–Crippen LogP) is 5.47. The van der Waals surface area contributed by atoms with Crippen molar-refractivity contribution < 1.29 is 9.52 Å². The van der Waals surface area contributed by atoms with E-state index in [4.69, 9.17) is 4.42 Å². The van der Waals surface area contributed by atoms with E-state index in [1.165, 1.54) is 0 Å². The fraction of sp³-hybridized carbons (Fsp3) is 0.0556. The quantitative estimate of drug-likeness (QED) is 0.632. The van der Waals surface area contributed by atoms with Crippen molar-refractivity contribution in [1.29, 1.82) is 0 Å². The molecule has 2 aromatic carbocycles. The van der Waals surface area contributed by atoms with E-state index in [9.17, 15) is 5.11 Å². The minimum atomic E-state index is 0.163. The topological polar surface area (TPSA) is 45.7 Å². The van der Waals surface area contributed by atoms with Gasteiger partial charge < -0.3 is 9.52 Å². The van der Waals surface area contributed by atoms with E-state index in [1.54, 1.807) is 18.3 Å². The minimum absolute atomic E-state index is 0.163. The molecular weight excluding hydrogens is 342 g/mol. The zero-order valence-electron chi connectivity index (χ0n) is 12.0. The number of halogens is 1. The summed E-state index contributed by atoms with van der Waals surface area (Å²) in [7, 11) is 0. The van der Waals surface area contributed by atoms with Gasteiger partial charge in [0, 0.05) is 10.0 Å². The van der Waals surface area contributed by atoms with E-state index in [-0.39, 0.29) is 5.75 Å². The van der Waals surface area contributed by atoms with Crippen LogP contribution in [0.25, 0.3) is 11.3 Å². The van der Waals surface area contributed by atoms with Gasteiger partial charge in [0.25, 0.3) is 0 Å². The molecule has 0 amide bonds. The number of aliphatic imine (C=N–C) groups is 1. The second-order valence-corrected chi connectivity index (χ2v) is 5.87. The molecule has 3 aromatic rings. The Bertz CT molecular complexity index is 819. The van der Waals surface area contributed by atoms with Gasteiger partial charge in [-0.15, -0.1) is 0 Å². The number of benzene rings is 2. The highest BCUT2D eigenvalue weighted by Crippen LogP contribution is 2.27. The Labute approximate surface area is 137 Å². The van der Waals surface area contributed by atoms with Crippen LogP contribution < -0.4 is 0 Å². The maximum atomic E-state index is 9.83. The molecule has 0 radical (unpaired) electrons. The van der Waals surface area contributed by atoms with Gasteiger partial charge in [-0.25, -0.2) is 4.99 Å². The first kappa shape index (κ1) is 14.6. The zero-order valence-corrected chi connectivity index (χ0v) is 13.5. The number of aromatic hydroxyl groups is 1. The summed E-state index contributed by atoms with van der Waals surface area (Å²) in [6, 6.07) is 17.0. The van der Waals surface area contributed by atoms with Crippen molar-refractivity contribution in [3.8, 4) is 17.1 Å². The van der Waals surface area contributed by atoms with Crippen molar-refractivity contribution in [3.05, 3.63) is 70.4 Å². The summed E-state index contributed by atoms with van der Waals surface area (Å²) >= 11 is 3.41. The summed E-state index contributed by atoms with van der Waals surface area (Å²) in [5.41, 5.74) is 2.51. The molecular formula is C18H14BrNO2. The Morgan fingerprint density at radius 2 is 1.82 bits per heavy atom. The molecule has 22 heavy (non-hydrogen) atoms. The van der Waals surface area contributed by atoms with Gasteiger partial charge in [0.15, 0.2) is 0 Å². The van der Waals surface area contributed by atoms with Crippen LogP contribution in [0.1, 0.15) is 11.3 Å². The Morgan fingerprint density at radius 1 is 1.05 bits per heavy atom. The Kier molecular flexibility index (Phi) is 4.11. The highest BCUT2D eigenvalue weighted by molar-refractivity contribution is 9.10. The average molecular weight is 356 g/mol. The molecule has 1 heterocycles. The lowest BCUT2D eigenvalue weighted by Gasteiger charge is -1.99. The van der Waals surface area contributed by atoms with Crippen molar-refractivity contribution in [2.45, 2.75) is 6.92 Å². The number of nitrogens with zero attached hydrogens (tertiary/aromatic N) is 1. The molecule has 0 aliphatic carbocycles. The zero-order chi connectivity index (χ0) is 15.5. The van der Waals surface area contributed by atoms with Gasteiger partial charge in [-0.1, -0.05) is 34.1 Å². The lowest BCUT2D eigenvalue weighted by Crippen LogP contribution is -1.77. The molecule has 0 saturated heterocycles. The van der Waals surface area contributed by atoms with E-state index in [2.05, 4.69) is 20.9 Å². The SMILES string of the molecule is Cc1ccc(N=Cc2ccc(-c3ccc(Br)cc3)o2)c(O)c1. The van der Waals surface area contributed by atoms with Crippen LogP contribution in [0.4, 0.5) is 5.69 Å². The predicted molar refractivity (Wildman–Crippen MR) is 91.9 cm³/mol. The van der Waals surface area contributed by atoms with Crippen LogP contribution >= 0.6 is 15.9 Å². The van der Waals surface area contributed by atoms with E-state index in [0.29, 0.717) is 11.4 Å². The molecule has 0 atom stereocenters. The van der Waals surface area contributed by atoms with Gasteiger partial charge in [0.05, 0.1) is 6.21 Å². The standard InChI is InChI=1S/C18H14BrNO2/c1-12-2-8-16(17(21)10-12)20-11-15-7-9-18(22-15)13-3-5-14(19)6-4-13/h2-11,21H,1H3. The van der Waals surface area contributed by atoms with Gasteiger partial charge in [0.2, 0.25) is 0 Å². The van der Waals surface area contributed by atoms with Gasteiger partial charge in [-0.05, 0) is 48.9 Å². The first-order valence-corrected chi connectivity index (χ1v) is 7.60. The van der Waals surface area contributed by atoms with Crippen LogP contribution in [0.5, 0.6) is 5.75 Å². The van der Waals surface area contributed by atoms with E-state index < -0.39 is 0 Å². The van der Waals surface area contributed by atoms with Crippen molar-refractivity contribution in [1.82, 2.24) is 0 Å². The minimum Gasteiger partial charge on any atom is -0.506 e. The molecule has 0 unspecified atom stereocenters. The van der Waals surface area contributed by atoms with Crippen LogP contribution in [-0.2, 0) is 0 Å². The first-order valence-electron chi connectivity index (χ1n) is 6.81. The van der Waals surface area contributed by atoms with Gasteiger partial charge in [0.1, 0.15) is 23.0 Å². The Balaban J connectivity index is 1.82. The number of rotatable bonds is 3. The maximum Gasteiger partial charge on any atom is 0.145 e. The van der Waals surface area contributed by atoms with Crippen LogP contribution in [-0.4, -0.2) is 11.3 Å². The fourth-order valence-corrected chi connectivity index (χ4v) is 2.33. The molecule has 1 aromatic heterocycles. The summed E-state index contributed by atoms with van der Waals surface area (Å²) < 4.78 is 6.78. The van der Waals surface area contributed by atoms with Crippen molar-refractivity contribution in [2.75, 3.05) is 0 Å². The molecule has 110 valence electrons. The molecule has 0 fully saturated rings. The highest BCUT2D eigenvalue weighted by atomic mass is 79.9. The Hall–Kier alpha value is -2.33. The van der Waals surface area contributed by atoms with E-state index in [0.717, 1.165) is 21.4 Å². The smallest absolute Gasteiger partial charge is 0.145 e. The second kappa shape index (κ2) is 6.20. The fourth-order valence-electron chi connectivity index (χ4n) is 2.07. The molecule has 4 heteroatoms. The number of hydrogen-bond donors (Lipinski definition) is 1. The molecule has 1 N–H and O–H groups in total. The van der Waals surface area contributed by atoms with Crippen LogP contribution in [0.3, 0.4) is 0 Å². The molecule has 0 bridgehead atoms. The van der Waals surface area contributed by atoms with Crippen molar-refractivity contribution in [3.63, 3.8) is 0 Å². The third-order valence-corrected chi connectivity index (χ3v) is 3.75. The molecule has 0 spiro atoms. The monoisotopic (exact) mass is 355 g/mol. The van der Waals surface area contributed by atoms with Crippen LogP contribution in [0.2, 0.25) is 0 Å². The van der Waals surface area contributed by atoms with Crippen LogP contribution in [0.15, 0.2) is 68.5 Å². The summed E-state index contributed by atoms with van der Waals surface area (Å²) in [6.07, 6.45) is 1.60. The van der Waals surface area contributed by atoms with Gasteiger partial charge in [-0.2, -0.15) is 0 Å². The van der Waals surface area contributed by atoms with Crippen molar-refractivity contribution >= 4 is 27.8 Å². The van der Waals surface area contributed by atoms with Gasteiger partial charge in [-0.3, -0.25) is 0 Å². The lowest BCUT2D eigenvalue weighted by atomic mass is 10.2. The highest BCUT2D eigenvalue weighted by Gasteiger charge is 2.04. The number of phenols is 1. The van der Waals surface area contributed by atoms with Gasteiger partial charge >= 0.3 is 0 Å². The number of phenolic OH excluding ortho intramolecular Hbond substituents is 1. The maximum absolute atomic E-state index is 9.83. The van der Waals surface area contributed by atoms with E-state index in [1.807, 2.05) is 49.4 Å². The first-order chi connectivity index (χ1) is 10.6. The molecule has 0 aliphatic heterocycles. The molecule has 0 saturated carbocycles. The normalized spacial score (nSPS) is 11.2. The number of furan rings is 1. The van der Waals surface area contributed by atoms with Crippen LogP contribution in [0, 0.1) is 6.92 Å². The second-order valence-electron chi connectivity index (χ2n) is 4.96. The average Bonchev–Trinajstić information content (AvgIpc) is 2.96. The number of aryl methyl sites for hydroxylation is 1. The third kappa shape index (κ3) is 3.28. The summed E-state index contributed by atoms with van der Waals surface area (Å²) in [5.74, 6) is 1.58. The summed E-state index contributed by atoms with van der Waals surface area (Å²) in [4.78, 5) is 4.26. The third-order valence-electron chi connectivity index (χ3n) is 3.22. The summed E-state index contributed by atoms with van der Waals surface area (Å²) in [6.45, 7) is 1.92. The van der Waals surface area contributed by atoms with E-state index >= 15 is 0 Å². The van der Waals surface area contributed by atoms with Crippen molar-refractivity contribution in [2.24, 2.45) is 4.99 Å². The lowest BCUT2D eigenvalue weighted by molar-refractivity contribution is 0.476. The number of hydrogen-bond acceptors (Lipinski definition) is 3. The molecule has 3 nitrogen and oxygen atoms in total. The summed E-state index contributed by atoms with van der Waals surface area (Å²) in [5, 5.41) is 9.83. The molecule has 0 aliphatic rings. The molecule has 3 rings (SSSR count). The largest absolute Gasteiger partial charge is 0.506 e. The Morgan fingerprint density at radius 3 is 2.55 bits per heavy atom.